The maximum atomic E-state index is 13.2. The molecule has 3 aromatic heterocycles. The summed E-state index contributed by atoms with van der Waals surface area (Å²) in [5, 5.41) is 5.60. The smallest absolute Gasteiger partial charge is 0.317 e. The molecule has 0 fully saturated rings. The molecule has 168 valence electrons. The van der Waals surface area contributed by atoms with E-state index in [0.29, 0.717) is 27.3 Å². The average molecular weight is 477 g/mol. The van der Waals surface area contributed by atoms with Gasteiger partial charge in [0.2, 0.25) is 11.3 Å². The first kappa shape index (κ1) is 21.0. The zero-order chi connectivity index (χ0) is 23.8. The van der Waals surface area contributed by atoms with E-state index in [1.54, 1.807) is 6.21 Å². The predicted molar refractivity (Wildman–Crippen MR) is 139 cm³/mol. The summed E-state index contributed by atoms with van der Waals surface area (Å²) >= 11 is 6.08. The van der Waals surface area contributed by atoms with Gasteiger partial charge in [0.05, 0.1) is 17.3 Å². The number of benzene rings is 3. The molecule has 3 aromatic carbocycles. The summed E-state index contributed by atoms with van der Waals surface area (Å²) in [6.45, 7) is 0. The highest BCUT2D eigenvalue weighted by molar-refractivity contribution is 6.30. The van der Waals surface area contributed by atoms with Gasteiger partial charge in [-0.1, -0.05) is 84.4 Å². The molecule has 0 aliphatic carbocycles. The van der Waals surface area contributed by atoms with Gasteiger partial charge in [-0.2, -0.15) is 9.78 Å². The number of pyridine rings is 1. The van der Waals surface area contributed by atoms with Gasteiger partial charge in [0, 0.05) is 10.6 Å². The molecule has 6 rings (SSSR count). The lowest BCUT2D eigenvalue weighted by Gasteiger charge is -2.07. The van der Waals surface area contributed by atoms with Gasteiger partial charge in [0.15, 0.2) is 0 Å². The van der Waals surface area contributed by atoms with Crippen molar-refractivity contribution in [3.8, 4) is 22.4 Å². The van der Waals surface area contributed by atoms with Gasteiger partial charge in [0.1, 0.15) is 11.8 Å². The van der Waals surface area contributed by atoms with Crippen LogP contribution in [-0.4, -0.2) is 20.9 Å². The molecule has 3 heterocycles. The second-order valence-electron chi connectivity index (χ2n) is 7.94. The van der Waals surface area contributed by atoms with E-state index in [-0.39, 0.29) is 5.58 Å². The van der Waals surface area contributed by atoms with Crippen LogP contribution < -0.4 is 5.56 Å². The van der Waals surface area contributed by atoms with Crippen LogP contribution in [0, 0.1) is 0 Å². The monoisotopic (exact) mass is 476 g/mol. The van der Waals surface area contributed by atoms with Crippen molar-refractivity contribution in [2.24, 2.45) is 5.10 Å². The molecule has 0 aliphatic rings. The van der Waals surface area contributed by atoms with Crippen LogP contribution in [0.25, 0.3) is 44.6 Å². The van der Waals surface area contributed by atoms with Gasteiger partial charge in [-0.3, -0.25) is 4.79 Å². The van der Waals surface area contributed by atoms with E-state index in [0.717, 1.165) is 22.3 Å². The molecular weight excluding hydrogens is 460 g/mol. The first-order valence-electron chi connectivity index (χ1n) is 10.9. The Labute approximate surface area is 204 Å². The molecule has 6 nitrogen and oxygen atoms in total. The van der Waals surface area contributed by atoms with E-state index >= 15 is 0 Å². The molecule has 35 heavy (non-hydrogen) atoms. The maximum absolute atomic E-state index is 13.2. The van der Waals surface area contributed by atoms with Crippen molar-refractivity contribution in [1.29, 1.82) is 0 Å². The van der Waals surface area contributed by atoms with Crippen molar-refractivity contribution in [2.75, 3.05) is 0 Å². The van der Waals surface area contributed by atoms with Crippen molar-refractivity contribution in [2.45, 2.75) is 0 Å². The maximum Gasteiger partial charge on any atom is 0.317 e. The van der Waals surface area contributed by atoms with E-state index in [1.165, 1.54) is 11.0 Å². The summed E-state index contributed by atoms with van der Waals surface area (Å²) in [5.74, 6) is 0. The van der Waals surface area contributed by atoms with E-state index in [2.05, 4.69) is 10.1 Å². The van der Waals surface area contributed by atoms with E-state index in [4.69, 9.17) is 21.0 Å². The van der Waals surface area contributed by atoms with Gasteiger partial charge < -0.3 is 4.42 Å². The fourth-order valence-corrected chi connectivity index (χ4v) is 4.11. The molecule has 0 atom stereocenters. The van der Waals surface area contributed by atoms with E-state index < -0.39 is 5.56 Å². The highest BCUT2D eigenvalue weighted by atomic mass is 35.5. The fraction of sp³-hybridized carbons (Fsp3) is 0. The van der Waals surface area contributed by atoms with Crippen LogP contribution in [0.3, 0.4) is 0 Å². The Morgan fingerprint density at radius 3 is 2.34 bits per heavy atom. The SMILES string of the molecule is O=c1c2oc3nc(-c4ccc(Cl)cc4)cc(-c4ccccc4)c3c2ncn1/N=C\c1ccccc1. The van der Waals surface area contributed by atoms with Crippen molar-refractivity contribution in [3.63, 3.8) is 0 Å². The van der Waals surface area contributed by atoms with Crippen LogP contribution in [0.4, 0.5) is 0 Å². The number of furan rings is 1. The van der Waals surface area contributed by atoms with Crippen LogP contribution in [0.5, 0.6) is 0 Å². The highest BCUT2D eigenvalue weighted by Crippen LogP contribution is 2.36. The molecule has 0 radical (unpaired) electrons. The van der Waals surface area contributed by atoms with Crippen LogP contribution in [0.1, 0.15) is 5.56 Å². The summed E-state index contributed by atoms with van der Waals surface area (Å²) in [7, 11) is 0. The summed E-state index contributed by atoms with van der Waals surface area (Å²) in [4.78, 5) is 22.5. The van der Waals surface area contributed by atoms with Crippen LogP contribution in [-0.2, 0) is 0 Å². The minimum Gasteiger partial charge on any atom is -0.430 e. The summed E-state index contributed by atoms with van der Waals surface area (Å²) in [5.41, 5.74) is 4.76. The largest absolute Gasteiger partial charge is 0.430 e. The van der Waals surface area contributed by atoms with Gasteiger partial charge in [-0.25, -0.2) is 9.97 Å². The number of hydrogen-bond donors (Lipinski definition) is 0. The van der Waals surface area contributed by atoms with Crippen molar-refractivity contribution < 1.29 is 4.42 Å². The first-order valence-corrected chi connectivity index (χ1v) is 11.3. The molecule has 0 amide bonds. The Morgan fingerprint density at radius 2 is 1.60 bits per heavy atom. The normalized spacial score (nSPS) is 11.6. The molecule has 0 unspecified atom stereocenters. The number of fused-ring (bicyclic) bond motifs is 3. The van der Waals surface area contributed by atoms with Crippen LogP contribution in [0.2, 0.25) is 5.02 Å². The average Bonchev–Trinajstić information content (AvgIpc) is 3.29. The quantitative estimate of drug-likeness (QED) is 0.276. The minimum absolute atomic E-state index is 0.102. The molecule has 0 saturated carbocycles. The van der Waals surface area contributed by atoms with E-state index in [9.17, 15) is 4.79 Å². The highest BCUT2D eigenvalue weighted by Gasteiger charge is 2.20. The third-order valence-electron chi connectivity index (χ3n) is 5.69. The van der Waals surface area contributed by atoms with Gasteiger partial charge in [0.25, 0.3) is 0 Å². The Morgan fingerprint density at radius 1 is 0.886 bits per heavy atom. The standard InChI is InChI=1S/C28H17ClN4O2/c29-21-13-11-20(12-14-21)23-15-22(19-9-5-2-6-10-19)24-25-26(35-27(24)32-23)28(34)33(17-30-25)31-16-18-7-3-1-4-8-18/h1-17H/b31-16-. The number of hydrogen-bond acceptors (Lipinski definition) is 5. The third kappa shape index (κ3) is 3.90. The molecule has 0 spiro atoms. The number of aromatic nitrogens is 3. The lowest BCUT2D eigenvalue weighted by atomic mass is 10.00. The number of rotatable bonds is 4. The third-order valence-corrected chi connectivity index (χ3v) is 5.94. The fourth-order valence-electron chi connectivity index (χ4n) is 3.98. The Bertz CT molecular complexity index is 1760. The minimum atomic E-state index is -0.410. The second kappa shape index (κ2) is 8.66. The molecule has 7 heteroatoms. The molecule has 0 saturated heterocycles. The zero-order valence-electron chi connectivity index (χ0n) is 18.3. The van der Waals surface area contributed by atoms with Crippen molar-refractivity contribution in [1.82, 2.24) is 14.6 Å². The van der Waals surface area contributed by atoms with Crippen molar-refractivity contribution >= 4 is 40.0 Å². The topological polar surface area (TPSA) is 73.3 Å². The zero-order valence-corrected chi connectivity index (χ0v) is 19.1. The summed E-state index contributed by atoms with van der Waals surface area (Å²) in [6, 6.07) is 28.8. The van der Waals surface area contributed by atoms with Gasteiger partial charge in [-0.05, 0) is 34.9 Å². The van der Waals surface area contributed by atoms with E-state index in [1.807, 2.05) is 91.0 Å². The molecule has 6 aromatic rings. The van der Waals surface area contributed by atoms with Gasteiger partial charge >= 0.3 is 5.56 Å². The van der Waals surface area contributed by atoms with Crippen LogP contribution >= 0.6 is 11.6 Å². The van der Waals surface area contributed by atoms with Crippen LogP contribution in [0.15, 0.2) is 112 Å². The summed E-state index contributed by atoms with van der Waals surface area (Å²) < 4.78 is 7.18. The Hall–Kier alpha value is -4.55. The lowest BCUT2D eigenvalue weighted by Crippen LogP contribution is -2.16. The Kier molecular flexibility index (Phi) is 5.20. The molecule has 0 N–H and O–H groups in total. The predicted octanol–water partition coefficient (Wildman–Crippen LogP) is 6.41. The summed E-state index contributed by atoms with van der Waals surface area (Å²) in [6.07, 6.45) is 3.00. The number of nitrogens with zero attached hydrogens (tertiary/aromatic N) is 4. The van der Waals surface area contributed by atoms with Gasteiger partial charge in [-0.15, -0.1) is 0 Å². The Balaban J connectivity index is 1.58. The molecule has 0 aliphatic heterocycles. The van der Waals surface area contributed by atoms with Crippen molar-refractivity contribution in [3.05, 3.63) is 118 Å². The molecule has 0 bridgehead atoms. The second-order valence-corrected chi connectivity index (χ2v) is 8.37. The molecular formula is C28H17ClN4O2. The lowest BCUT2D eigenvalue weighted by molar-refractivity contribution is 0.637. The first-order chi connectivity index (χ1) is 17.2. The number of halogens is 1.